The van der Waals surface area contributed by atoms with Crippen molar-refractivity contribution >= 4 is 32.5 Å². The van der Waals surface area contributed by atoms with Crippen molar-refractivity contribution in [3.8, 4) is 44.7 Å². The van der Waals surface area contributed by atoms with Gasteiger partial charge in [-0.15, -0.1) is 0 Å². The smallest absolute Gasteiger partial charge is 0.143 e. The molecule has 1 nitrogen and oxygen atoms in total. The predicted molar refractivity (Wildman–Crippen MR) is 185 cm³/mol. The van der Waals surface area contributed by atoms with Crippen LogP contribution < -0.4 is 0 Å². The third-order valence-electron chi connectivity index (χ3n) is 9.64. The number of hydrogen-bond acceptors (Lipinski definition) is 1. The fraction of sp³-hybridized carbons (Fsp3) is 0.0698. The Labute approximate surface area is 257 Å². The maximum absolute atomic E-state index is 6.94. The topological polar surface area (TPSA) is 13.1 Å². The minimum absolute atomic E-state index is 0.131. The van der Waals surface area contributed by atoms with E-state index in [0.29, 0.717) is 0 Å². The van der Waals surface area contributed by atoms with Gasteiger partial charge in [-0.25, -0.2) is 0 Å². The summed E-state index contributed by atoms with van der Waals surface area (Å²) in [6.07, 6.45) is 0. The standard InChI is InChI=1S/C43H30O/c1-43(2)37-25-11-10-22-34(37)42-40(43)36-24-13-23-35(41(36)44-42)39-32-20-8-6-18-30(32)38(31-19-7-9-21-33(31)39)29-17-12-16-28(26-29)27-14-4-3-5-15-27/h3-26H,1-2H3. The van der Waals surface area contributed by atoms with E-state index in [2.05, 4.69) is 159 Å². The van der Waals surface area contributed by atoms with Crippen LogP contribution in [0.4, 0.5) is 0 Å². The van der Waals surface area contributed by atoms with Gasteiger partial charge in [0.05, 0.1) is 0 Å². The Morgan fingerprint density at radius 1 is 0.432 bits per heavy atom. The van der Waals surface area contributed by atoms with Gasteiger partial charge in [-0.05, 0) is 55.4 Å². The largest absolute Gasteiger partial charge is 0.455 e. The van der Waals surface area contributed by atoms with Crippen molar-refractivity contribution in [1.82, 2.24) is 0 Å². The van der Waals surface area contributed by atoms with E-state index in [1.807, 2.05) is 0 Å². The van der Waals surface area contributed by atoms with Crippen LogP contribution in [0.5, 0.6) is 0 Å². The highest BCUT2D eigenvalue weighted by Crippen LogP contribution is 2.55. The lowest BCUT2D eigenvalue weighted by atomic mass is 9.81. The molecule has 0 N–H and O–H groups in total. The van der Waals surface area contributed by atoms with Gasteiger partial charge in [0.25, 0.3) is 0 Å². The maximum atomic E-state index is 6.94. The molecule has 44 heavy (non-hydrogen) atoms. The Morgan fingerprint density at radius 2 is 0.955 bits per heavy atom. The number of fused-ring (bicyclic) bond motifs is 7. The van der Waals surface area contributed by atoms with Crippen molar-refractivity contribution in [2.45, 2.75) is 19.3 Å². The van der Waals surface area contributed by atoms with Crippen LogP contribution in [-0.4, -0.2) is 0 Å². The molecule has 0 amide bonds. The molecule has 1 heteroatoms. The van der Waals surface area contributed by atoms with Crippen LogP contribution in [0, 0.1) is 0 Å². The van der Waals surface area contributed by atoms with Crippen LogP contribution in [-0.2, 0) is 5.41 Å². The van der Waals surface area contributed by atoms with Crippen LogP contribution in [0.1, 0.15) is 25.0 Å². The highest BCUT2D eigenvalue weighted by Gasteiger charge is 2.40. The van der Waals surface area contributed by atoms with Gasteiger partial charge in [0.2, 0.25) is 0 Å². The number of para-hydroxylation sites is 1. The molecule has 0 saturated heterocycles. The monoisotopic (exact) mass is 562 g/mol. The van der Waals surface area contributed by atoms with Crippen molar-refractivity contribution in [1.29, 1.82) is 0 Å². The number of hydrogen-bond donors (Lipinski definition) is 0. The minimum atomic E-state index is -0.131. The van der Waals surface area contributed by atoms with Crippen molar-refractivity contribution in [3.05, 3.63) is 157 Å². The van der Waals surface area contributed by atoms with E-state index in [0.717, 1.165) is 16.9 Å². The van der Waals surface area contributed by atoms with Gasteiger partial charge in [-0.1, -0.05) is 153 Å². The Balaban J connectivity index is 1.36. The second-order valence-corrected chi connectivity index (χ2v) is 12.4. The summed E-state index contributed by atoms with van der Waals surface area (Å²) in [4.78, 5) is 0. The first kappa shape index (κ1) is 25.1. The quantitative estimate of drug-likeness (QED) is 0.195. The lowest BCUT2D eigenvalue weighted by Gasteiger charge is -2.21. The van der Waals surface area contributed by atoms with Gasteiger partial charge >= 0.3 is 0 Å². The Bertz CT molecular complexity index is 2350. The fourth-order valence-corrected chi connectivity index (χ4v) is 7.70. The van der Waals surface area contributed by atoms with Crippen LogP contribution in [0.3, 0.4) is 0 Å². The summed E-state index contributed by atoms with van der Waals surface area (Å²) in [5.74, 6) is 1.01. The first-order chi connectivity index (χ1) is 21.6. The zero-order valence-corrected chi connectivity index (χ0v) is 24.8. The van der Waals surface area contributed by atoms with Gasteiger partial charge in [0.15, 0.2) is 0 Å². The van der Waals surface area contributed by atoms with Crippen LogP contribution >= 0.6 is 0 Å². The van der Waals surface area contributed by atoms with E-state index >= 15 is 0 Å². The maximum Gasteiger partial charge on any atom is 0.143 e. The average molecular weight is 563 g/mol. The van der Waals surface area contributed by atoms with E-state index in [1.54, 1.807) is 0 Å². The van der Waals surface area contributed by atoms with Crippen molar-refractivity contribution in [3.63, 3.8) is 0 Å². The molecule has 1 aliphatic carbocycles. The zero-order valence-electron chi connectivity index (χ0n) is 24.8. The van der Waals surface area contributed by atoms with Crippen molar-refractivity contribution < 1.29 is 4.42 Å². The number of benzene rings is 7. The Kier molecular flexibility index (Phi) is 5.31. The second-order valence-electron chi connectivity index (χ2n) is 12.4. The van der Waals surface area contributed by atoms with Gasteiger partial charge in [-0.2, -0.15) is 0 Å². The zero-order chi connectivity index (χ0) is 29.4. The molecule has 208 valence electrons. The normalized spacial score (nSPS) is 13.4. The summed E-state index contributed by atoms with van der Waals surface area (Å²) < 4.78 is 6.94. The van der Waals surface area contributed by atoms with E-state index in [1.165, 1.54) is 71.4 Å². The molecular weight excluding hydrogens is 532 g/mol. The van der Waals surface area contributed by atoms with E-state index < -0.39 is 0 Å². The molecule has 1 aromatic heterocycles. The molecule has 0 saturated carbocycles. The second kappa shape index (κ2) is 9.30. The molecule has 0 aliphatic heterocycles. The molecule has 9 rings (SSSR count). The third kappa shape index (κ3) is 3.47. The molecule has 0 fully saturated rings. The fourth-order valence-electron chi connectivity index (χ4n) is 7.70. The minimum Gasteiger partial charge on any atom is -0.455 e. The third-order valence-corrected chi connectivity index (χ3v) is 9.64. The molecule has 1 heterocycles. The molecule has 7 aromatic carbocycles. The lowest BCUT2D eigenvalue weighted by molar-refractivity contribution is 0.620. The van der Waals surface area contributed by atoms with Crippen LogP contribution in [0.25, 0.3) is 77.2 Å². The Morgan fingerprint density at radius 3 is 1.68 bits per heavy atom. The summed E-state index contributed by atoms with van der Waals surface area (Å²) in [5.41, 5.74) is 12.0. The molecule has 0 atom stereocenters. The molecule has 0 radical (unpaired) electrons. The SMILES string of the molecule is CC1(C)c2ccccc2-c2oc3c(-c4c5ccccc5c(-c5cccc(-c6ccccc6)c5)c5ccccc45)cccc3c21. The van der Waals surface area contributed by atoms with Gasteiger partial charge in [-0.3, -0.25) is 0 Å². The summed E-state index contributed by atoms with van der Waals surface area (Å²) in [6, 6.07) is 52.7. The predicted octanol–water partition coefficient (Wildman–Crippen LogP) is 12.0. The molecule has 1 aliphatic rings. The highest BCUT2D eigenvalue weighted by molar-refractivity contribution is 6.23. The van der Waals surface area contributed by atoms with E-state index in [4.69, 9.17) is 4.42 Å². The number of rotatable bonds is 3. The molecule has 0 bridgehead atoms. The van der Waals surface area contributed by atoms with Crippen LogP contribution in [0.2, 0.25) is 0 Å². The van der Waals surface area contributed by atoms with Gasteiger partial charge in [0, 0.05) is 33.1 Å². The number of furan rings is 1. The van der Waals surface area contributed by atoms with Crippen molar-refractivity contribution in [2.24, 2.45) is 0 Å². The summed E-state index contributed by atoms with van der Waals surface area (Å²) in [6.45, 7) is 4.64. The van der Waals surface area contributed by atoms with E-state index in [-0.39, 0.29) is 5.41 Å². The Hall–Kier alpha value is -5.40. The molecular formula is C43H30O. The lowest BCUT2D eigenvalue weighted by Crippen LogP contribution is -2.14. The summed E-state index contributed by atoms with van der Waals surface area (Å²) in [5, 5.41) is 6.15. The van der Waals surface area contributed by atoms with Crippen molar-refractivity contribution in [2.75, 3.05) is 0 Å². The van der Waals surface area contributed by atoms with Gasteiger partial charge in [0.1, 0.15) is 11.3 Å². The van der Waals surface area contributed by atoms with Crippen LogP contribution in [0.15, 0.2) is 150 Å². The highest BCUT2D eigenvalue weighted by atomic mass is 16.3. The molecule has 8 aromatic rings. The average Bonchev–Trinajstić information content (AvgIpc) is 3.58. The first-order valence-corrected chi connectivity index (χ1v) is 15.4. The summed E-state index contributed by atoms with van der Waals surface area (Å²) in [7, 11) is 0. The summed E-state index contributed by atoms with van der Waals surface area (Å²) >= 11 is 0. The first-order valence-electron chi connectivity index (χ1n) is 15.4. The van der Waals surface area contributed by atoms with E-state index in [9.17, 15) is 0 Å². The van der Waals surface area contributed by atoms with Gasteiger partial charge < -0.3 is 4.42 Å². The molecule has 0 spiro atoms. The molecule has 0 unspecified atom stereocenters.